The van der Waals surface area contributed by atoms with Gasteiger partial charge in [0, 0.05) is 16.8 Å². The molecule has 0 amide bonds. The van der Waals surface area contributed by atoms with E-state index in [1.54, 1.807) is 22.9 Å². The lowest BCUT2D eigenvalue weighted by Crippen LogP contribution is -2.00. The standard InChI is InChI=1S/C13H10Cl2N4O/c1-8-4-5-19(17-8)7-12-16-13(18-20-12)10-3-2-9(14)6-11(10)15/h2-6H,7H2,1H3. The summed E-state index contributed by atoms with van der Waals surface area (Å²) < 4.78 is 6.94. The van der Waals surface area contributed by atoms with E-state index in [0.29, 0.717) is 33.9 Å². The number of aromatic nitrogens is 4. The molecule has 102 valence electrons. The molecule has 0 fully saturated rings. The van der Waals surface area contributed by atoms with Crippen LogP contribution in [0.25, 0.3) is 11.4 Å². The topological polar surface area (TPSA) is 56.7 Å². The number of hydrogen-bond donors (Lipinski definition) is 0. The maximum atomic E-state index is 6.11. The highest BCUT2D eigenvalue weighted by Gasteiger charge is 2.12. The molecule has 0 unspecified atom stereocenters. The van der Waals surface area contributed by atoms with Crippen LogP contribution in [-0.2, 0) is 6.54 Å². The van der Waals surface area contributed by atoms with Crippen molar-refractivity contribution in [1.82, 2.24) is 19.9 Å². The van der Waals surface area contributed by atoms with E-state index in [-0.39, 0.29) is 0 Å². The first kappa shape index (κ1) is 13.1. The Labute approximate surface area is 125 Å². The number of aryl methyl sites for hydroxylation is 1. The number of nitrogens with zero attached hydrogens (tertiary/aromatic N) is 4. The van der Waals surface area contributed by atoms with Crippen LogP contribution in [-0.4, -0.2) is 19.9 Å². The van der Waals surface area contributed by atoms with Crippen molar-refractivity contribution < 1.29 is 4.52 Å². The van der Waals surface area contributed by atoms with E-state index in [1.807, 2.05) is 19.2 Å². The lowest BCUT2D eigenvalue weighted by atomic mass is 10.2. The molecule has 0 N–H and O–H groups in total. The molecular formula is C13H10Cl2N4O. The zero-order valence-corrected chi connectivity index (χ0v) is 12.1. The minimum absolute atomic E-state index is 0.423. The van der Waals surface area contributed by atoms with Gasteiger partial charge in [-0.3, -0.25) is 4.68 Å². The first-order valence-electron chi connectivity index (χ1n) is 5.90. The molecular weight excluding hydrogens is 299 g/mol. The van der Waals surface area contributed by atoms with Crippen molar-refractivity contribution >= 4 is 23.2 Å². The zero-order chi connectivity index (χ0) is 14.1. The fourth-order valence-corrected chi connectivity index (χ4v) is 2.28. The minimum Gasteiger partial charge on any atom is -0.337 e. The van der Waals surface area contributed by atoms with Gasteiger partial charge in [0.2, 0.25) is 11.7 Å². The van der Waals surface area contributed by atoms with Gasteiger partial charge in [-0.2, -0.15) is 10.1 Å². The van der Waals surface area contributed by atoms with E-state index in [0.717, 1.165) is 5.69 Å². The summed E-state index contributed by atoms with van der Waals surface area (Å²) in [7, 11) is 0. The Balaban J connectivity index is 1.86. The molecule has 0 aliphatic heterocycles. The second kappa shape index (κ2) is 5.26. The molecule has 1 aromatic carbocycles. The summed E-state index contributed by atoms with van der Waals surface area (Å²) in [4.78, 5) is 4.31. The van der Waals surface area contributed by atoms with Gasteiger partial charge in [-0.05, 0) is 31.2 Å². The van der Waals surface area contributed by atoms with Crippen molar-refractivity contribution in [3.05, 3.63) is 52.1 Å². The van der Waals surface area contributed by atoms with Gasteiger partial charge in [0.1, 0.15) is 6.54 Å². The lowest BCUT2D eigenvalue weighted by molar-refractivity contribution is 0.366. The van der Waals surface area contributed by atoms with Gasteiger partial charge in [-0.15, -0.1) is 0 Å². The van der Waals surface area contributed by atoms with Crippen molar-refractivity contribution in [3.63, 3.8) is 0 Å². The quantitative estimate of drug-likeness (QED) is 0.742. The van der Waals surface area contributed by atoms with Gasteiger partial charge in [0.15, 0.2) is 0 Å². The van der Waals surface area contributed by atoms with Crippen molar-refractivity contribution in [2.24, 2.45) is 0 Å². The van der Waals surface area contributed by atoms with Crippen LogP contribution in [0.4, 0.5) is 0 Å². The molecule has 5 nitrogen and oxygen atoms in total. The first-order chi connectivity index (χ1) is 9.61. The Kier molecular flexibility index (Phi) is 3.46. The molecule has 20 heavy (non-hydrogen) atoms. The fourth-order valence-electron chi connectivity index (χ4n) is 1.79. The third kappa shape index (κ3) is 2.69. The number of halogens is 2. The van der Waals surface area contributed by atoms with Gasteiger partial charge in [-0.1, -0.05) is 28.4 Å². The average Bonchev–Trinajstić information content (AvgIpc) is 2.99. The summed E-state index contributed by atoms with van der Waals surface area (Å²) >= 11 is 12.0. The molecule has 0 atom stereocenters. The Morgan fingerprint density at radius 1 is 1.25 bits per heavy atom. The van der Waals surface area contributed by atoms with Crippen LogP contribution >= 0.6 is 23.2 Å². The summed E-state index contributed by atoms with van der Waals surface area (Å²) in [6, 6.07) is 7.05. The molecule has 3 aromatic rings. The maximum Gasteiger partial charge on any atom is 0.248 e. The van der Waals surface area contributed by atoms with Gasteiger partial charge in [0.25, 0.3) is 0 Å². The first-order valence-corrected chi connectivity index (χ1v) is 6.65. The SMILES string of the molecule is Cc1ccn(Cc2nc(-c3ccc(Cl)cc3Cl)no2)n1. The van der Waals surface area contributed by atoms with Crippen molar-refractivity contribution in [2.75, 3.05) is 0 Å². The molecule has 0 spiro atoms. The van der Waals surface area contributed by atoms with Crippen molar-refractivity contribution in [2.45, 2.75) is 13.5 Å². The van der Waals surface area contributed by atoms with Gasteiger partial charge < -0.3 is 4.52 Å². The second-order valence-electron chi connectivity index (χ2n) is 4.29. The van der Waals surface area contributed by atoms with Crippen LogP contribution in [0.1, 0.15) is 11.6 Å². The van der Waals surface area contributed by atoms with Crippen LogP contribution < -0.4 is 0 Å². The fraction of sp³-hybridized carbons (Fsp3) is 0.154. The van der Waals surface area contributed by atoms with Gasteiger partial charge in [-0.25, -0.2) is 0 Å². The van der Waals surface area contributed by atoms with Gasteiger partial charge >= 0.3 is 0 Å². The summed E-state index contributed by atoms with van der Waals surface area (Å²) in [5, 5.41) is 9.24. The lowest BCUT2D eigenvalue weighted by Gasteiger charge is -1.98. The van der Waals surface area contributed by atoms with E-state index >= 15 is 0 Å². The van der Waals surface area contributed by atoms with Crippen LogP contribution in [0.2, 0.25) is 10.0 Å². The third-order valence-corrected chi connectivity index (χ3v) is 3.26. The normalized spacial score (nSPS) is 10.9. The number of benzene rings is 1. The summed E-state index contributed by atoms with van der Waals surface area (Å²) in [5.74, 6) is 0.902. The maximum absolute atomic E-state index is 6.11. The molecule has 0 bridgehead atoms. The smallest absolute Gasteiger partial charge is 0.248 e. The Hall–Kier alpha value is -1.85. The van der Waals surface area contributed by atoms with E-state index in [2.05, 4.69) is 15.2 Å². The van der Waals surface area contributed by atoms with E-state index in [9.17, 15) is 0 Å². The number of hydrogen-bond acceptors (Lipinski definition) is 4. The summed E-state index contributed by atoms with van der Waals surface area (Å²) in [6.45, 7) is 2.34. The Morgan fingerprint density at radius 2 is 2.10 bits per heavy atom. The van der Waals surface area contributed by atoms with Crippen molar-refractivity contribution in [1.29, 1.82) is 0 Å². The summed E-state index contributed by atoms with van der Waals surface area (Å²) in [5.41, 5.74) is 1.62. The second-order valence-corrected chi connectivity index (χ2v) is 5.13. The van der Waals surface area contributed by atoms with Crippen LogP contribution in [0.5, 0.6) is 0 Å². The monoisotopic (exact) mass is 308 g/mol. The molecule has 0 saturated carbocycles. The molecule has 3 rings (SSSR count). The molecule has 2 heterocycles. The van der Waals surface area contributed by atoms with E-state index < -0.39 is 0 Å². The van der Waals surface area contributed by atoms with Crippen molar-refractivity contribution in [3.8, 4) is 11.4 Å². The van der Waals surface area contributed by atoms with Crippen LogP contribution in [0, 0.1) is 6.92 Å². The predicted octanol–water partition coefficient (Wildman–Crippen LogP) is 3.60. The largest absolute Gasteiger partial charge is 0.337 e. The third-order valence-electron chi connectivity index (χ3n) is 2.71. The number of rotatable bonds is 3. The molecule has 0 radical (unpaired) electrons. The molecule has 0 saturated heterocycles. The Bertz CT molecular complexity index is 750. The molecule has 2 aromatic heterocycles. The van der Waals surface area contributed by atoms with E-state index in [1.165, 1.54) is 0 Å². The average molecular weight is 309 g/mol. The van der Waals surface area contributed by atoms with Crippen LogP contribution in [0.15, 0.2) is 35.0 Å². The molecule has 0 aliphatic carbocycles. The zero-order valence-electron chi connectivity index (χ0n) is 10.5. The highest BCUT2D eigenvalue weighted by atomic mass is 35.5. The molecule has 0 aliphatic rings. The van der Waals surface area contributed by atoms with Gasteiger partial charge in [0.05, 0.1) is 10.7 Å². The molecule has 7 heteroatoms. The predicted molar refractivity (Wildman–Crippen MR) is 75.8 cm³/mol. The Morgan fingerprint density at radius 3 is 2.80 bits per heavy atom. The summed E-state index contributed by atoms with van der Waals surface area (Å²) in [6.07, 6.45) is 1.86. The minimum atomic E-state index is 0.423. The highest BCUT2D eigenvalue weighted by molar-refractivity contribution is 6.36. The highest BCUT2D eigenvalue weighted by Crippen LogP contribution is 2.28. The van der Waals surface area contributed by atoms with Crippen LogP contribution in [0.3, 0.4) is 0 Å². The van der Waals surface area contributed by atoms with E-state index in [4.69, 9.17) is 27.7 Å².